The fourth-order valence-electron chi connectivity index (χ4n) is 2.78. The number of hydrogen-bond donors (Lipinski definition) is 4. The molecule has 0 bridgehead atoms. The highest BCUT2D eigenvalue weighted by Crippen LogP contribution is 2.09. The summed E-state index contributed by atoms with van der Waals surface area (Å²) < 4.78 is 0. The smallest absolute Gasteiger partial charge is 0.382 e. The molecule has 0 unspecified atom stereocenters. The molecule has 0 aromatic heterocycles. The van der Waals surface area contributed by atoms with E-state index in [0.29, 0.717) is 0 Å². The highest BCUT2D eigenvalue weighted by Gasteiger charge is 1.97. The van der Waals surface area contributed by atoms with Crippen LogP contribution < -0.4 is 0 Å². The summed E-state index contributed by atoms with van der Waals surface area (Å²) in [5.74, 6) is 14.8. The highest BCUT2D eigenvalue weighted by molar-refractivity contribution is 5.89. The van der Waals surface area contributed by atoms with Crippen LogP contribution in [0.15, 0.2) is 0 Å². The summed E-state index contributed by atoms with van der Waals surface area (Å²) in [6.45, 7) is 0. The molecule has 0 aromatic rings. The molecule has 0 atom stereocenters. The van der Waals surface area contributed by atoms with Gasteiger partial charge in [0.2, 0.25) is 0 Å². The van der Waals surface area contributed by atoms with Crippen LogP contribution in [0.2, 0.25) is 0 Å². The van der Waals surface area contributed by atoms with Gasteiger partial charge in [0.05, 0.1) is 0 Å². The van der Waals surface area contributed by atoms with Gasteiger partial charge in [-0.05, 0) is 49.4 Å². The number of unbranched alkanes of at least 4 members (excludes halogenated alkanes) is 12. The van der Waals surface area contributed by atoms with Crippen LogP contribution in [0, 0.1) is 47.4 Å². The Balaban J connectivity index is 0. The molecule has 8 nitrogen and oxygen atoms in total. The molecule has 0 fully saturated rings. The van der Waals surface area contributed by atoms with Gasteiger partial charge in [-0.15, -0.1) is 0 Å². The maximum absolute atomic E-state index is 10.4. The summed E-state index contributed by atoms with van der Waals surface area (Å²) in [6.07, 6.45) is 15.0. The average molecular weight is 501 g/mol. The quantitative estimate of drug-likeness (QED) is 0.178. The van der Waals surface area contributed by atoms with Crippen LogP contribution in [0.5, 0.6) is 0 Å². The second kappa shape index (κ2) is 27.4. The molecule has 0 heterocycles. The number of aliphatic carboxylic acids is 4. The first-order valence-corrected chi connectivity index (χ1v) is 12.1. The van der Waals surface area contributed by atoms with E-state index < -0.39 is 23.9 Å². The Kier molecular flexibility index (Phi) is 26.1. The maximum atomic E-state index is 10.4. The van der Waals surface area contributed by atoms with Gasteiger partial charge in [0.1, 0.15) is 0 Å². The van der Waals surface area contributed by atoms with Crippen molar-refractivity contribution in [1.29, 1.82) is 0 Å². The van der Waals surface area contributed by atoms with Crippen LogP contribution >= 0.6 is 0 Å². The second-order valence-corrected chi connectivity index (χ2v) is 7.74. The minimum absolute atomic E-state index is 0.289. The molecule has 8 heteroatoms. The molecule has 0 saturated carbocycles. The minimum Gasteiger partial charge on any atom is -0.481 e. The fourth-order valence-corrected chi connectivity index (χ4v) is 2.78. The van der Waals surface area contributed by atoms with E-state index in [9.17, 15) is 19.2 Å². The number of rotatable bonds is 16. The zero-order valence-electron chi connectivity index (χ0n) is 20.7. The summed E-state index contributed by atoms with van der Waals surface area (Å²) >= 11 is 0. The van der Waals surface area contributed by atoms with Crippen molar-refractivity contribution in [3.05, 3.63) is 0 Å². The summed E-state index contributed by atoms with van der Waals surface area (Å²) in [6, 6.07) is 0. The molecule has 0 saturated heterocycles. The summed E-state index contributed by atoms with van der Waals surface area (Å²) in [5, 5.41) is 32.8. The lowest BCUT2D eigenvalue weighted by atomic mass is 10.1. The van der Waals surface area contributed by atoms with E-state index in [1.165, 1.54) is 0 Å². The highest BCUT2D eigenvalue weighted by atomic mass is 16.4. The van der Waals surface area contributed by atoms with E-state index in [-0.39, 0.29) is 12.8 Å². The summed E-state index contributed by atoms with van der Waals surface area (Å²) in [5.41, 5.74) is 0. The number of carboxylic acids is 4. The van der Waals surface area contributed by atoms with Crippen molar-refractivity contribution in [2.75, 3.05) is 0 Å². The van der Waals surface area contributed by atoms with Gasteiger partial charge >= 0.3 is 23.9 Å². The molecule has 0 amide bonds. The van der Waals surface area contributed by atoms with Crippen LogP contribution in [0.4, 0.5) is 0 Å². The molecular weight excluding hydrogens is 464 g/mol. The van der Waals surface area contributed by atoms with E-state index in [2.05, 4.69) is 23.7 Å². The Morgan fingerprint density at radius 1 is 0.417 bits per heavy atom. The normalized spacial score (nSPS) is 8.67. The lowest BCUT2D eigenvalue weighted by Gasteiger charge is -1.98. The number of carboxylic acid groups (broad SMARTS) is 4. The largest absolute Gasteiger partial charge is 0.481 e. The monoisotopic (exact) mass is 500 g/mol. The Morgan fingerprint density at radius 2 is 0.722 bits per heavy atom. The van der Waals surface area contributed by atoms with Gasteiger partial charge in [0.15, 0.2) is 0 Å². The fraction of sp³-hybridized carbons (Fsp3) is 0.571. The molecule has 0 aromatic carbocycles. The predicted octanol–water partition coefficient (Wildman–Crippen LogP) is 4.57. The first-order chi connectivity index (χ1) is 17.3. The van der Waals surface area contributed by atoms with Crippen LogP contribution in [-0.2, 0) is 19.2 Å². The van der Waals surface area contributed by atoms with Crippen LogP contribution in [-0.4, -0.2) is 44.3 Å². The average Bonchev–Trinajstić information content (AvgIpc) is 2.80. The van der Waals surface area contributed by atoms with Crippen LogP contribution in [0.1, 0.15) is 103 Å². The van der Waals surface area contributed by atoms with Gasteiger partial charge in [0, 0.05) is 37.5 Å². The van der Waals surface area contributed by atoms with Crippen LogP contribution in [0.25, 0.3) is 0 Å². The molecule has 0 rings (SSSR count). The maximum Gasteiger partial charge on any atom is 0.382 e. The Hall–Kier alpha value is -3.88. The molecular formula is C28H36O8. The molecule has 36 heavy (non-hydrogen) atoms. The van der Waals surface area contributed by atoms with Gasteiger partial charge in [-0.3, -0.25) is 9.59 Å². The van der Waals surface area contributed by atoms with Gasteiger partial charge < -0.3 is 20.4 Å². The van der Waals surface area contributed by atoms with E-state index in [1.54, 1.807) is 11.8 Å². The van der Waals surface area contributed by atoms with Gasteiger partial charge in [0.25, 0.3) is 0 Å². The third-order valence-corrected chi connectivity index (χ3v) is 4.53. The molecule has 0 aliphatic rings. The second-order valence-electron chi connectivity index (χ2n) is 7.74. The van der Waals surface area contributed by atoms with Crippen molar-refractivity contribution in [3.8, 4) is 47.4 Å². The number of carbonyl (C=O) groups is 4. The van der Waals surface area contributed by atoms with Crippen molar-refractivity contribution in [1.82, 2.24) is 0 Å². The van der Waals surface area contributed by atoms with Gasteiger partial charge in [-0.2, -0.15) is 0 Å². The topological polar surface area (TPSA) is 149 Å². The predicted molar refractivity (Wildman–Crippen MR) is 136 cm³/mol. The first kappa shape index (κ1) is 34.3. The first-order valence-electron chi connectivity index (χ1n) is 12.1. The van der Waals surface area contributed by atoms with E-state index in [4.69, 9.17) is 20.4 Å². The Bertz CT molecular complexity index is 828. The minimum atomic E-state index is -1.33. The lowest BCUT2D eigenvalue weighted by molar-refractivity contribution is -0.138. The zero-order chi connectivity index (χ0) is 27.3. The Morgan fingerprint density at radius 3 is 1.03 bits per heavy atom. The van der Waals surface area contributed by atoms with Crippen molar-refractivity contribution >= 4 is 23.9 Å². The molecule has 0 radical (unpaired) electrons. The lowest BCUT2D eigenvalue weighted by Crippen LogP contribution is -1.93. The third-order valence-electron chi connectivity index (χ3n) is 4.53. The standard InChI is InChI=1S/C22H34O4.C6H2O4/c23-21(24)19-17-15-13-11-9-7-5-3-1-2-4-6-8-10-12-14-16-18-20-22(25)26;7-5(8)3-1-2-4-6(9)10/h5-20H2,(H,23,24)(H,25,26);(H,7,8)(H,9,10). The summed E-state index contributed by atoms with van der Waals surface area (Å²) in [7, 11) is 0. The van der Waals surface area contributed by atoms with Crippen molar-refractivity contribution in [2.24, 2.45) is 0 Å². The van der Waals surface area contributed by atoms with Crippen LogP contribution in [0.3, 0.4) is 0 Å². The number of hydrogen-bond acceptors (Lipinski definition) is 4. The van der Waals surface area contributed by atoms with Gasteiger partial charge in [-0.1, -0.05) is 63.2 Å². The molecule has 0 spiro atoms. The molecule has 0 aliphatic carbocycles. The molecule has 196 valence electrons. The van der Waals surface area contributed by atoms with Gasteiger partial charge in [-0.25, -0.2) is 9.59 Å². The SMILES string of the molecule is O=C(O)C#CC#CC(=O)O.O=C(O)CCCCCCCCC#CC#CCCCCCCCCC(=O)O. The van der Waals surface area contributed by atoms with E-state index >= 15 is 0 Å². The van der Waals surface area contributed by atoms with Crippen molar-refractivity contribution < 1.29 is 39.6 Å². The zero-order valence-corrected chi connectivity index (χ0v) is 20.7. The van der Waals surface area contributed by atoms with E-state index in [0.717, 1.165) is 89.9 Å². The Labute approximate surface area is 213 Å². The van der Waals surface area contributed by atoms with Crippen molar-refractivity contribution in [3.63, 3.8) is 0 Å². The summed E-state index contributed by atoms with van der Waals surface area (Å²) in [4.78, 5) is 40.0. The molecule has 4 N–H and O–H groups in total. The third kappa shape index (κ3) is 37.4. The van der Waals surface area contributed by atoms with Crippen molar-refractivity contribution in [2.45, 2.75) is 103 Å². The van der Waals surface area contributed by atoms with E-state index in [1.807, 2.05) is 11.8 Å². The molecule has 0 aliphatic heterocycles.